The van der Waals surface area contributed by atoms with Crippen LogP contribution in [0.4, 0.5) is 5.69 Å². The normalized spacial score (nSPS) is 15.6. The van der Waals surface area contributed by atoms with Crippen molar-refractivity contribution in [3.8, 4) is 0 Å². The molecular formula is C21H29N3O2S. The number of hydrazine groups is 1. The molecule has 1 saturated heterocycles. The fourth-order valence-electron chi connectivity index (χ4n) is 3.75. The maximum Gasteiger partial charge on any atom is 0.257 e. The third-order valence-corrected chi connectivity index (χ3v) is 6.52. The molecule has 0 amide bonds. The van der Waals surface area contributed by atoms with Crippen molar-refractivity contribution in [3.63, 3.8) is 0 Å². The Morgan fingerprint density at radius 3 is 2.33 bits per heavy atom. The predicted octanol–water partition coefficient (Wildman–Crippen LogP) is 3.26. The van der Waals surface area contributed by atoms with E-state index in [1.807, 2.05) is 23.2 Å². The van der Waals surface area contributed by atoms with Gasteiger partial charge in [0.05, 0.1) is 10.6 Å². The molecule has 0 saturated carbocycles. The molecule has 0 unspecified atom stereocenters. The fourth-order valence-corrected chi connectivity index (χ4v) is 4.88. The first-order valence-electron chi connectivity index (χ1n) is 9.75. The number of hydrogen-bond donors (Lipinski definition) is 2. The molecule has 0 atom stereocenters. The summed E-state index contributed by atoms with van der Waals surface area (Å²) >= 11 is 0. The first kappa shape index (κ1) is 19.9. The first-order chi connectivity index (χ1) is 13.1. The van der Waals surface area contributed by atoms with E-state index in [1.165, 1.54) is 11.1 Å². The van der Waals surface area contributed by atoms with E-state index < -0.39 is 10.0 Å². The Morgan fingerprint density at radius 1 is 1.00 bits per heavy atom. The van der Waals surface area contributed by atoms with Gasteiger partial charge in [0.2, 0.25) is 0 Å². The van der Waals surface area contributed by atoms with Gasteiger partial charge in [-0.25, -0.2) is 8.42 Å². The standard InChI is InChI=1S/C21H29N3O2S/c1-3-17-9-8-12-21(20(17)4-2)24(18-13-15-22-16-14-18)23-27(25,26)19-10-6-5-7-11-19/h5-12,18,22-23H,3-4,13-16H2,1-2H3. The summed E-state index contributed by atoms with van der Waals surface area (Å²) in [5.41, 5.74) is 3.46. The Hall–Kier alpha value is -1.89. The summed E-state index contributed by atoms with van der Waals surface area (Å²) in [6, 6.07) is 14.9. The highest BCUT2D eigenvalue weighted by atomic mass is 32.2. The number of aryl methyl sites for hydroxylation is 1. The van der Waals surface area contributed by atoms with E-state index in [4.69, 9.17) is 0 Å². The number of benzene rings is 2. The van der Waals surface area contributed by atoms with Gasteiger partial charge in [-0.15, -0.1) is 4.83 Å². The quantitative estimate of drug-likeness (QED) is 0.716. The van der Waals surface area contributed by atoms with Gasteiger partial charge in [-0.3, -0.25) is 5.01 Å². The summed E-state index contributed by atoms with van der Waals surface area (Å²) in [7, 11) is -3.65. The Morgan fingerprint density at radius 2 is 1.70 bits per heavy atom. The van der Waals surface area contributed by atoms with Gasteiger partial charge >= 0.3 is 0 Å². The van der Waals surface area contributed by atoms with Crippen molar-refractivity contribution >= 4 is 15.7 Å². The van der Waals surface area contributed by atoms with Crippen LogP contribution >= 0.6 is 0 Å². The second kappa shape index (κ2) is 8.87. The molecule has 0 aromatic heterocycles. The van der Waals surface area contributed by atoms with Crippen molar-refractivity contribution in [2.75, 3.05) is 18.1 Å². The number of piperidine rings is 1. The van der Waals surface area contributed by atoms with Crippen LogP contribution in [0.25, 0.3) is 0 Å². The lowest BCUT2D eigenvalue weighted by atomic mass is 9.98. The van der Waals surface area contributed by atoms with Crippen molar-refractivity contribution < 1.29 is 8.42 Å². The molecule has 1 aliphatic heterocycles. The summed E-state index contributed by atoms with van der Waals surface area (Å²) in [5, 5.41) is 5.27. The molecule has 3 rings (SSSR count). The Kier molecular flexibility index (Phi) is 6.52. The average molecular weight is 388 g/mol. The van der Waals surface area contributed by atoms with Crippen LogP contribution in [0.5, 0.6) is 0 Å². The second-order valence-electron chi connectivity index (χ2n) is 6.88. The third kappa shape index (κ3) is 4.51. The number of nitrogens with zero attached hydrogens (tertiary/aromatic N) is 1. The van der Waals surface area contributed by atoms with Crippen molar-refractivity contribution in [2.45, 2.75) is 50.5 Å². The SMILES string of the molecule is CCc1cccc(N(NS(=O)(=O)c2ccccc2)C2CCNCC2)c1CC. The molecule has 5 nitrogen and oxygen atoms in total. The van der Waals surface area contributed by atoms with Crippen molar-refractivity contribution in [2.24, 2.45) is 0 Å². The minimum Gasteiger partial charge on any atom is -0.317 e. The Labute approximate surface area is 162 Å². The van der Waals surface area contributed by atoms with Crippen molar-refractivity contribution in [1.82, 2.24) is 10.1 Å². The molecule has 2 aromatic carbocycles. The van der Waals surface area contributed by atoms with Crippen LogP contribution in [0.15, 0.2) is 53.4 Å². The monoisotopic (exact) mass is 387 g/mol. The van der Waals surface area contributed by atoms with E-state index in [1.54, 1.807) is 24.3 Å². The fraction of sp³-hybridized carbons (Fsp3) is 0.429. The third-order valence-electron chi connectivity index (χ3n) is 5.19. The molecule has 2 N–H and O–H groups in total. The van der Waals surface area contributed by atoms with Crippen molar-refractivity contribution in [3.05, 3.63) is 59.7 Å². The maximum absolute atomic E-state index is 13.0. The Balaban J connectivity index is 2.02. The van der Waals surface area contributed by atoms with Gasteiger partial charge in [-0.2, -0.15) is 0 Å². The highest BCUT2D eigenvalue weighted by Crippen LogP contribution is 2.29. The van der Waals surface area contributed by atoms with Crippen LogP contribution in [0.2, 0.25) is 0 Å². The van der Waals surface area contributed by atoms with Gasteiger partial charge in [-0.05, 0) is 68.1 Å². The van der Waals surface area contributed by atoms with Crippen LogP contribution in [0.3, 0.4) is 0 Å². The Bertz CT molecular complexity index is 847. The maximum atomic E-state index is 13.0. The van der Waals surface area contributed by atoms with Gasteiger partial charge in [0.25, 0.3) is 10.0 Å². The van der Waals surface area contributed by atoms with E-state index in [0.717, 1.165) is 44.5 Å². The summed E-state index contributed by atoms with van der Waals surface area (Å²) in [6.07, 6.45) is 3.60. The van der Waals surface area contributed by atoms with E-state index in [-0.39, 0.29) is 10.9 Å². The van der Waals surface area contributed by atoms with Crippen LogP contribution in [-0.2, 0) is 22.9 Å². The highest BCUT2D eigenvalue weighted by Gasteiger charge is 2.28. The summed E-state index contributed by atoms with van der Waals surface area (Å²) in [6.45, 7) is 6.05. The first-order valence-corrected chi connectivity index (χ1v) is 11.2. The summed E-state index contributed by atoms with van der Waals surface area (Å²) in [4.78, 5) is 3.19. The zero-order valence-corrected chi connectivity index (χ0v) is 16.9. The molecule has 0 spiro atoms. The van der Waals surface area contributed by atoms with E-state index >= 15 is 0 Å². The molecule has 0 aliphatic carbocycles. The molecule has 0 radical (unpaired) electrons. The molecule has 1 aliphatic rings. The van der Waals surface area contributed by atoms with E-state index in [9.17, 15) is 8.42 Å². The predicted molar refractivity (Wildman–Crippen MR) is 110 cm³/mol. The summed E-state index contributed by atoms with van der Waals surface area (Å²) < 4.78 is 26.1. The molecule has 1 fully saturated rings. The zero-order chi connectivity index (χ0) is 19.3. The summed E-state index contributed by atoms with van der Waals surface area (Å²) in [5.74, 6) is 0. The van der Waals surface area contributed by atoms with Gasteiger partial charge in [-0.1, -0.05) is 44.2 Å². The second-order valence-corrected chi connectivity index (χ2v) is 8.54. The lowest BCUT2D eigenvalue weighted by Gasteiger charge is -2.37. The van der Waals surface area contributed by atoms with Crippen LogP contribution in [0.1, 0.15) is 37.8 Å². The number of nitrogens with one attached hydrogen (secondary N) is 2. The smallest absolute Gasteiger partial charge is 0.257 e. The van der Waals surface area contributed by atoms with E-state index in [2.05, 4.69) is 30.1 Å². The molecular weight excluding hydrogens is 358 g/mol. The zero-order valence-electron chi connectivity index (χ0n) is 16.1. The lowest BCUT2D eigenvalue weighted by molar-refractivity contribution is 0.418. The van der Waals surface area contributed by atoms with Gasteiger partial charge in [0, 0.05) is 6.04 Å². The van der Waals surface area contributed by atoms with Gasteiger partial charge < -0.3 is 5.32 Å². The number of sulfonamides is 1. The topological polar surface area (TPSA) is 61.4 Å². The molecule has 2 aromatic rings. The lowest BCUT2D eigenvalue weighted by Crippen LogP contribution is -2.52. The van der Waals surface area contributed by atoms with Crippen LogP contribution < -0.4 is 15.2 Å². The van der Waals surface area contributed by atoms with Crippen LogP contribution in [-0.4, -0.2) is 27.5 Å². The molecule has 0 bridgehead atoms. The van der Waals surface area contributed by atoms with E-state index in [0.29, 0.717) is 0 Å². The van der Waals surface area contributed by atoms with Gasteiger partial charge in [0.1, 0.15) is 0 Å². The number of rotatable bonds is 7. The largest absolute Gasteiger partial charge is 0.317 e. The average Bonchev–Trinajstić information content (AvgIpc) is 2.72. The van der Waals surface area contributed by atoms with Crippen LogP contribution in [0, 0.1) is 0 Å². The van der Waals surface area contributed by atoms with Crippen molar-refractivity contribution in [1.29, 1.82) is 0 Å². The highest BCUT2D eigenvalue weighted by molar-refractivity contribution is 7.89. The molecule has 6 heteroatoms. The minimum absolute atomic E-state index is 0.127. The number of anilines is 1. The number of hydrogen-bond acceptors (Lipinski definition) is 4. The molecule has 27 heavy (non-hydrogen) atoms. The van der Waals surface area contributed by atoms with Gasteiger partial charge in [0.15, 0.2) is 0 Å². The molecule has 1 heterocycles. The molecule has 146 valence electrons. The minimum atomic E-state index is -3.65.